The van der Waals surface area contributed by atoms with Crippen LogP contribution in [0.1, 0.15) is 39.5 Å². The Hall–Kier alpha value is -1.04. The van der Waals surface area contributed by atoms with Crippen LogP contribution in [0.5, 0.6) is 0 Å². The monoisotopic (exact) mass is 208 g/mol. The lowest BCUT2D eigenvalue weighted by molar-refractivity contribution is -0.127. The molecule has 0 aromatic heterocycles. The Labute approximate surface area is 92.1 Å². The van der Waals surface area contributed by atoms with Gasteiger partial charge < -0.3 is 4.90 Å². The molecule has 1 unspecified atom stereocenters. The van der Waals surface area contributed by atoms with Crippen molar-refractivity contribution in [2.75, 3.05) is 13.1 Å². The van der Waals surface area contributed by atoms with Gasteiger partial charge in [-0.3, -0.25) is 4.79 Å². The summed E-state index contributed by atoms with van der Waals surface area (Å²) < 4.78 is 0. The molecule has 15 heavy (non-hydrogen) atoms. The fourth-order valence-corrected chi connectivity index (χ4v) is 1.97. The molecule has 1 aliphatic rings. The van der Waals surface area contributed by atoms with Crippen molar-refractivity contribution in [3.05, 3.63) is 0 Å². The highest BCUT2D eigenvalue weighted by atomic mass is 16.2. The number of unbranched alkanes of at least 4 members (excludes halogenated alkanes) is 2. The van der Waals surface area contributed by atoms with Gasteiger partial charge in [-0.05, 0) is 24.7 Å². The largest absolute Gasteiger partial charge is 0.342 e. The zero-order valence-electron chi connectivity index (χ0n) is 9.70. The van der Waals surface area contributed by atoms with Gasteiger partial charge in [0.2, 0.25) is 5.91 Å². The van der Waals surface area contributed by atoms with E-state index < -0.39 is 0 Å². The second-order valence-corrected chi connectivity index (χ2v) is 4.66. The van der Waals surface area contributed by atoms with E-state index in [0.717, 1.165) is 32.4 Å². The number of carbonyl (C=O) groups is 1. The lowest BCUT2D eigenvalue weighted by atomic mass is 9.95. The lowest BCUT2D eigenvalue weighted by Crippen LogP contribution is -2.26. The molecular weight excluding hydrogens is 188 g/mol. The minimum atomic E-state index is 0.297. The summed E-state index contributed by atoms with van der Waals surface area (Å²) in [4.78, 5) is 13.6. The molecular formula is C12H20N2O. The third kappa shape index (κ3) is 3.54. The van der Waals surface area contributed by atoms with Crippen molar-refractivity contribution in [2.24, 2.45) is 11.8 Å². The highest BCUT2D eigenvalue weighted by Crippen LogP contribution is 2.24. The van der Waals surface area contributed by atoms with E-state index in [4.69, 9.17) is 5.26 Å². The van der Waals surface area contributed by atoms with Crippen LogP contribution in [0.25, 0.3) is 0 Å². The van der Waals surface area contributed by atoms with Gasteiger partial charge >= 0.3 is 0 Å². The Bertz CT molecular complexity index is 255. The zero-order valence-corrected chi connectivity index (χ0v) is 9.70. The van der Waals surface area contributed by atoms with Crippen LogP contribution in [-0.4, -0.2) is 23.9 Å². The summed E-state index contributed by atoms with van der Waals surface area (Å²) in [6.07, 6.45) is 3.20. The first-order chi connectivity index (χ1) is 7.15. The Balaban J connectivity index is 2.26. The van der Waals surface area contributed by atoms with Crippen LogP contribution in [0.4, 0.5) is 0 Å². The van der Waals surface area contributed by atoms with Gasteiger partial charge in [0, 0.05) is 25.9 Å². The standard InChI is InChI=1S/C12H20N2O/c1-10(2)11-8-12(15)14(9-11)7-5-3-4-6-13/h10-11H,3-5,7-9H2,1-2H3. The Morgan fingerprint density at radius 2 is 2.27 bits per heavy atom. The maximum absolute atomic E-state index is 11.6. The molecule has 84 valence electrons. The van der Waals surface area contributed by atoms with Gasteiger partial charge in [-0.15, -0.1) is 0 Å². The number of amides is 1. The quantitative estimate of drug-likeness (QED) is 0.650. The summed E-state index contributed by atoms with van der Waals surface area (Å²) in [5.74, 6) is 1.43. The molecule has 3 nitrogen and oxygen atoms in total. The molecule has 0 aromatic rings. The van der Waals surface area contributed by atoms with Crippen molar-refractivity contribution in [3.8, 4) is 6.07 Å². The number of hydrogen-bond acceptors (Lipinski definition) is 2. The van der Waals surface area contributed by atoms with E-state index in [9.17, 15) is 4.79 Å². The fourth-order valence-electron chi connectivity index (χ4n) is 1.97. The third-order valence-electron chi connectivity index (χ3n) is 3.15. The molecule has 1 amide bonds. The minimum Gasteiger partial charge on any atom is -0.342 e. The second-order valence-electron chi connectivity index (χ2n) is 4.66. The number of rotatable bonds is 5. The number of carbonyl (C=O) groups excluding carboxylic acids is 1. The first kappa shape index (κ1) is 12.0. The highest BCUT2D eigenvalue weighted by molar-refractivity contribution is 5.78. The summed E-state index contributed by atoms with van der Waals surface area (Å²) in [5.41, 5.74) is 0. The van der Waals surface area contributed by atoms with Crippen molar-refractivity contribution in [2.45, 2.75) is 39.5 Å². The molecule has 1 saturated heterocycles. The number of nitrogens with zero attached hydrogens (tertiary/aromatic N) is 2. The van der Waals surface area contributed by atoms with Crippen LogP contribution >= 0.6 is 0 Å². The van der Waals surface area contributed by atoms with Crippen molar-refractivity contribution in [3.63, 3.8) is 0 Å². The predicted octanol–water partition coefficient (Wildman–Crippen LogP) is 2.18. The molecule has 0 radical (unpaired) electrons. The summed E-state index contributed by atoms with van der Waals surface area (Å²) >= 11 is 0. The molecule has 1 fully saturated rings. The first-order valence-electron chi connectivity index (χ1n) is 5.80. The van der Waals surface area contributed by atoms with Gasteiger partial charge in [0.15, 0.2) is 0 Å². The molecule has 0 N–H and O–H groups in total. The lowest BCUT2D eigenvalue weighted by Gasteiger charge is -2.17. The normalized spacial score (nSPS) is 21.1. The van der Waals surface area contributed by atoms with E-state index in [1.807, 2.05) is 4.90 Å². The van der Waals surface area contributed by atoms with E-state index in [0.29, 0.717) is 24.2 Å². The van der Waals surface area contributed by atoms with Gasteiger partial charge in [-0.25, -0.2) is 0 Å². The predicted molar refractivity (Wildman–Crippen MR) is 59.0 cm³/mol. The van der Waals surface area contributed by atoms with Crippen LogP contribution in [0, 0.1) is 23.2 Å². The second kappa shape index (κ2) is 5.75. The average molecular weight is 208 g/mol. The van der Waals surface area contributed by atoms with E-state index in [2.05, 4.69) is 19.9 Å². The van der Waals surface area contributed by atoms with E-state index in [1.165, 1.54) is 0 Å². The molecule has 0 aromatic carbocycles. The summed E-state index contributed by atoms with van der Waals surface area (Å²) in [6.45, 7) is 6.11. The van der Waals surface area contributed by atoms with Crippen molar-refractivity contribution < 1.29 is 4.79 Å². The van der Waals surface area contributed by atoms with Crippen LogP contribution in [0.3, 0.4) is 0 Å². The Morgan fingerprint density at radius 1 is 1.53 bits per heavy atom. The highest BCUT2D eigenvalue weighted by Gasteiger charge is 2.30. The van der Waals surface area contributed by atoms with Crippen molar-refractivity contribution in [1.29, 1.82) is 5.26 Å². The topological polar surface area (TPSA) is 44.1 Å². The van der Waals surface area contributed by atoms with E-state index >= 15 is 0 Å². The van der Waals surface area contributed by atoms with Crippen LogP contribution in [0.2, 0.25) is 0 Å². The smallest absolute Gasteiger partial charge is 0.222 e. The molecule has 0 bridgehead atoms. The van der Waals surface area contributed by atoms with Gasteiger partial charge in [-0.2, -0.15) is 5.26 Å². The van der Waals surface area contributed by atoms with Crippen LogP contribution in [0.15, 0.2) is 0 Å². The number of likely N-dealkylation sites (tertiary alicyclic amines) is 1. The molecule has 3 heteroatoms. The molecule has 0 aliphatic carbocycles. The molecule has 1 atom stereocenters. The fraction of sp³-hybridized carbons (Fsp3) is 0.833. The van der Waals surface area contributed by atoms with Crippen LogP contribution in [-0.2, 0) is 4.79 Å². The Kier molecular flexibility index (Phi) is 4.61. The first-order valence-corrected chi connectivity index (χ1v) is 5.80. The maximum atomic E-state index is 11.6. The van der Waals surface area contributed by atoms with E-state index in [-0.39, 0.29) is 0 Å². The van der Waals surface area contributed by atoms with Gasteiger partial charge in [0.25, 0.3) is 0 Å². The minimum absolute atomic E-state index is 0.297. The SMILES string of the molecule is CC(C)C1CC(=O)N(CCCCC#N)C1. The van der Waals surface area contributed by atoms with Gasteiger partial charge in [0.1, 0.15) is 0 Å². The molecule has 0 saturated carbocycles. The maximum Gasteiger partial charge on any atom is 0.222 e. The van der Waals surface area contributed by atoms with Crippen LogP contribution < -0.4 is 0 Å². The molecule has 1 aliphatic heterocycles. The average Bonchev–Trinajstić information content (AvgIpc) is 2.55. The Morgan fingerprint density at radius 3 is 2.80 bits per heavy atom. The number of nitriles is 1. The van der Waals surface area contributed by atoms with Gasteiger partial charge in [-0.1, -0.05) is 13.8 Å². The molecule has 0 spiro atoms. The summed E-state index contributed by atoms with van der Waals surface area (Å²) in [7, 11) is 0. The number of hydrogen-bond donors (Lipinski definition) is 0. The summed E-state index contributed by atoms with van der Waals surface area (Å²) in [6, 6.07) is 2.13. The molecule has 1 heterocycles. The summed E-state index contributed by atoms with van der Waals surface area (Å²) in [5, 5.41) is 8.39. The van der Waals surface area contributed by atoms with E-state index in [1.54, 1.807) is 0 Å². The zero-order chi connectivity index (χ0) is 11.3. The van der Waals surface area contributed by atoms with Crippen molar-refractivity contribution >= 4 is 5.91 Å². The molecule has 1 rings (SSSR count). The van der Waals surface area contributed by atoms with Gasteiger partial charge in [0.05, 0.1) is 6.07 Å². The third-order valence-corrected chi connectivity index (χ3v) is 3.15. The van der Waals surface area contributed by atoms with Crippen molar-refractivity contribution in [1.82, 2.24) is 4.90 Å².